The third-order valence-corrected chi connectivity index (χ3v) is 3.81. The molecule has 22 heavy (non-hydrogen) atoms. The van der Waals surface area contributed by atoms with Crippen LogP contribution in [0.25, 0.3) is 0 Å². The maximum Gasteiger partial charge on any atom is 0.223 e. The van der Waals surface area contributed by atoms with Gasteiger partial charge in [0.1, 0.15) is 5.75 Å². The van der Waals surface area contributed by atoms with Gasteiger partial charge in [-0.3, -0.25) is 9.69 Å². The van der Waals surface area contributed by atoms with E-state index in [4.69, 9.17) is 21.1 Å². The molecule has 0 radical (unpaired) electrons. The average Bonchev–Trinajstić information content (AvgIpc) is 2.54. The molecule has 1 saturated heterocycles. The summed E-state index contributed by atoms with van der Waals surface area (Å²) in [6.45, 7) is 5.62. The highest BCUT2D eigenvalue weighted by Gasteiger charge is 2.09. The minimum Gasteiger partial charge on any atom is -0.491 e. The van der Waals surface area contributed by atoms with Crippen molar-refractivity contribution in [2.24, 2.45) is 0 Å². The molecule has 0 bridgehead atoms. The molecule has 6 heteroatoms. The second-order valence-corrected chi connectivity index (χ2v) is 5.59. The van der Waals surface area contributed by atoms with E-state index in [-0.39, 0.29) is 5.91 Å². The minimum atomic E-state index is 0.00836. The van der Waals surface area contributed by atoms with E-state index in [0.717, 1.165) is 39.3 Å². The number of nitrogens with one attached hydrogen (secondary N) is 1. The fourth-order valence-electron chi connectivity index (χ4n) is 2.26. The van der Waals surface area contributed by atoms with E-state index in [1.165, 1.54) is 0 Å². The van der Waals surface area contributed by atoms with Crippen LogP contribution in [0, 0.1) is 0 Å². The monoisotopic (exact) mass is 326 g/mol. The molecule has 1 aromatic rings. The fourth-order valence-corrected chi connectivity index (χ4v) is 2.45. The first kappa shape index (κ1) is 17.1. The number of rotatable bonds is 8. The number of hydrogen-bond donors (Lipinski definition) is 1. The van der Waals surface area contributed by atoms with Gasteiger partial charge in [-0.2, -0.15) is 0 Å². The Hall–Kier alpha value is -1.30. The predicted molar refractivity (Wildman–Crippen MR) is 86.4 cm³/mol. The SMILES string of the molecule is O=C(CCOc1ccccc1Cl)NCCCN1CCOCC1. The highest BCUT2D eigenvalue weighted by atomic mass is 35.5. The van der Waals surface area contributed by atoms with Gasteiger partial charge in [0.25, 0.3) is 0 Å². The van der Waals surface area contributed by atoms with E-state index in [0.29, 0.717) is 30.3 Å². The van der Waals surface area contributed by atoms with Crippen molar-refractivity contribution in [3.63, 3.8) is 0 Å². The molecule has 0 atom stereocenters. The summed E-state index contributed by atoms with van der Waals surface area (Å²) in [4.78, 5) is 14.1. The number of para-hydroxylation sites is 1. The van der Waals surface area contributed by atoms with Gasteiger partial charge < -0.3 is 14.8 Å². The van der Waals surface area contributed by atoms with Crippen molar-refractivity contribution in [1.29, 1.82) is 0 Å². The predicted octanol–water partition coefficient (Wildman–Crippen LogP) is 1.95. The molecule has 5 nitrogen and oxygen atoms in total. The highest BCUT2D eigenvalue weighted by molar-refractivity contribution is 6.32. The van der Waals surface area contributed by atoms with Gasteiger partial charge in [0.2, 0.25) is 5.91 Å². The summed E-state index contributed by atoms with van der Waals surface area (Å²) in [6, 6.07) is 7.26. The van der Waals surface area contributed by atoms with Crippen molar-refractivity contribution in [2.45, 2.75) is 12.8 Å². The molecule has 0 saturated carbocycles. The number of amides is 1. The Morgan fingerprint density at radius 2 is 2.09 bits per heavy atom. The van der Waals surface area contributed by atoms with Crippen LogP contribution in [0.5, 0.6) is 5.75 Å². The topological polar surface area (TPSA) is 50.8 Å². The largest absolute Gasteiger partial charge is 0.491 e. The first-order valence-corrected chi connectivity index (χ1v) is 8.07. The number of halogens is 1. The number of carbonyl (C=O) groups excluding carboxylic acids is 1. The van der Waals surface area contributed by atoms with Crippen LogP contribution in [-0.2, 0) is 9.53 Å². The average molecular weight is 327 g/mol. The molecule has 0 aromatic heterocycles. The van der Waals surface area contributed by atoms with Crippen LogP contribution in [0.3, 0.4) is 0 Å². The van der Waals surface area contributed by atoms with Crippen molar-refractivity contribution >= 4 is 17.5 Å². The second-order valence-electron chi connectivity index (χ2n) is 5.19. The van der Waals surface area contributed by atoms with Gasteiger partial charge in [-0.25, -0.2) is 0 Å². The van der Waals surface area contributed by atoms with Crippen molar-refractivity contribution in [3.8, 4) is 5.75 Å². The molecule has 1 heterocycles. The summed E-state index contributed by atoms with van der Waals surface area (Å²) in [5.74, 6) is 0.623. The third-order valence-electron chi connectivity index (χ3n) is 3.50. The molecule has 0 spiro atoms. The maximum atomic E-state index is 11.7. The molecule has 1 amide bonds. The van der Waals surface area contributed by atoms with Crippen LogP contribution in [0.1, 0.15) is 12.8 Å². The molecule has 1 N–H and O–H groups in total. The smallest absolute Gasteiger partial charge is 0.223 e. The molecule has 1 aliphatic rings. The van der Waals surface area contributed by atoms with Gasteiger partial charge in [0.05, 0.1) is 31.3 Å². The zero-order chi connectivity index (χ0) is 15.6. The summed E-state index contributed by atoms with van der Waals surface area (Å²) in [5, 5.41) is 3.48. The van der Waals surface area contributed by atoms with E-state index >= 15 is 0 Å². The Kier molecular flexibility index (Phi) is 7.49. The van der Waals surface area contributed by atoms with Gasteiger partial charge in [-0.15, -0.1) is 0 Å². The fraction of sp³-hybridized carbons (Fsp3) is 0.562. The van der Waals surface area contributed by atoms with Crippen LogP contribution in [0.4, 0.5) is 0 Å². The summed E-state index contributed by atoms with van der Waals surface area (Å²) in [7, 11) is 0. The molecule has 1 fully saturated rings. The standard InChI is InChI=1S/C16H23ClN2O3/c17-14-4-1-2-5-15(14)22-11-6-16(20)18-7-3-8-19-9-12-21-13-10-19/h1-2,4-5H,3,6-13H2,(H,18,20). The normalized spacial score (nSPS) is 15.5. The second kappa shape index (κ2) is 9.66. The number of nitrogens with zero attached hydrogens (tertiary/aromatic N) is 1. The summed E-state index contributed by atoms with van der Waals surface area (Å²) >= 11 is 5.98. The Labute approximate surface area is 136 Å². The lowest BCUT2D eigenvalue weighted by Gasteiger charge is -2.26. The zero-order valence-corrected chi connectivity index (χ0v) is 13.5. The quantitative estimate of drug-likeness (QED) is 0.742. The first-order valence-electron chi connectivity index (χ1n) is 7.70. The molecular weight excluding hydrogens is 304 g/mol. The van der Waals surface area contributed by atoms with E-state index in [1.807, 2.05) is 12.1 Å². The molecular formula is C16H23ClN2O3. The number of morpholine rings is 1. The third kappa shape index (κ3) is 6.22. The van der Waals surface area contributed by atoms with Crippen molar-refractivity contribution < 1.29 is 14.3 Å². The van der Waals surface area contributed by atoms with E-state index in [2.05, 4.69) is 10.2 Å². The Balaban J connectivity index is 1.51. The van der Waals surface area contributed by atoms with Crippen LogP contribution in [0.15, 0.2) is 24.3 Å². The van der Waals surface area contributed by atoms with Crippen LogP contribution < -0.4 is 10.1 Å². The number of benzene rings is 1. The van der Waals surface area contributed by atoms with E-state index in [1.54, 1.807) is 12.1 Å². The van der Waals surface area contributed by atoms with Gasteiger partial charge in [0.15, 0.2) is 0 Å². The van der Waals surface area contributed by atoms with Gasteiger partial charge >= 0.3 is 0 Å². The molecule has 122 valence electrons. The van der Waals surface area contributed by atoms with Gasteiger partial charge in [0, 0.05) is 19.6 Å². The lowest BCUT2D eigenvalue weighted by Crippen LogP contribution is -2.38. The maximum absolute atomic E-state index is 11.7. The summed E-state index contributed by atoms with van der Waals surface area (Å²) in [5.41, 5.74) is 0. The molecule has 0 aliphatic carbocycles. The number of carbonyl (C=O) groups is 1. The number of ether oxygens (including phenoxy) is 2. The van der Waals surface area contributed by atoms with E-state index < -0.39 is 0 Å². The lowest BCUT2D eigenvalue weighted by molar-refractivity contribution is -0.121. The number of hydrogen-bond acceptors (Lipinski definition) is 4. The zero-order valence-electron chi connectivity index (χ0n) is 12.7. The van der Waals surface area contributed by atoms with Crippen molar-refractivity contribution in [3.05, 3.63) is 29.3 Å². The molecule has 1 aromatic carbocycles. The lowest BCUT2D eigenvalue weighted by atomic mass is 10.3. The Morgan fingerprint density at radius 3 is 2.86 bits per heavy atom. The van der Waals surface area contributed by atoms with Crippen molar-refractivity contribution in [1.82, 2.24) is 10.2 Å². The molecule has 1 aliphatic heterocycles. The van der Waals surface area contributed by atoms with E-state index in [9.17, 15) is 4.79 Å². The molecule has 0 unspecified atom stereocenters. The van der Waals surface area contributed by atoms with Crippen LogP contribution in [0.2, 0.25) is 5.02 Å². The van der Waals surface area contributed by atoms with Gasteiger partial charge in [-0.05, 0) is 25.1 Å². The Morgan fingerprint density at radius 1 is 1.32 bits per heavy atom. The Bertz CT molecular complexity index is 464. The highest BCUT2D eigenvalue weighted by Crippen LogP contribution is 2.22. The van der Waals surface area contributed by atoms with Crippen LogP contribution in [-0.4, -0.2) is 56.8 Å². The van der Waals surface area contributed by atoms with Crippen LogP contribution >= 0.6 is 11.6 Å². The summed E-state index contributed by atoms with van der Waals surface area (Å²) < 4.78 is 10.8. The summed E-state index contributed by atoms with van der Waals surface area (Å²) in [6.07, 6.45) is 1.29. The van der Waals surface area contributed by atoms with Crippen molar-refractivity contribution in [2.75, 3.05) is 46.0 Å². The minimum absolute atomic E-state index is 0.00836. The first-order chi connectivity index (χ1) is 10.8. The molecule has 2 rings (SSSR count). The van der Waals surface area contributed by atoms with Gasteiger partial charge in [-0.1, -0.05) is 23.7 Å².